The maximum atomic E-state index is 13.6. The van der Waals surface area contributed by atoms with Gasteiger partial charge in [-0.2, -0.15) is 13.1 Å². The Balaban J connectivity index is 1.82. The van der Waals surface area contributed by atoms with Gasteiger partial charge >= 0.3 is 12.5 Å². The maximum absolute atomic E-state index is 13.6. The second-order valence-corrected chi connectivity index (χ2v) is 9.29. The Morgan fingerprint density at radius 2 is 1.68 bits per heavy atom. The molecule has 2 aromatic carbocycles. The lowest BCUT2D eigenvalue weighted by atomic mass is 10.2. The van der Waals surface area contributed by atoms with Crippen LogP contribution in [0.15, 0.2) is 53.4 Å². The Bertz CT molecular complexity index is 1190. The number of para-hydroxylation sites is 2. The summed E-state index contributed by atoms with van der Waals surface area (Å²) in [4.78, 5) is 16.7. The predicted molar refractivity (Wildman–Crippen MR) is 111 cm³/mol. The van der Waals surface area contributed by atoms with Gasteiger partial charge in [-0.25, -0.2) is 18.2 Å². The summed E-state index contributed by atoms with van der Waals surface area (Å²) < 4.78 is 59.6. The van der Waals surface area contributed by atoms with Crippen molar-refractivity contribution in [3.05, 3.63) is 59.9 Å². The van der Waals surface area contributed by atoms with E-state index in [1.807, 2.05) is 0 Å². The zero-order valence-electron chi connectivity index (χ0n) is 17.5. The fraction of sp³-hybridized carbons (Fsp3) is 0.333. The largest absolute Gasteiger partial charge is 0.451 e. The minimum Gasteiger partial charge on any atom is -0.451 e. The first-order valence-corrected chi connectivity index (χ1v) is 11.0. The van der Waals surface area contributed by atoms with E-state index in [9.17, 15) is 22.0 Å². The number of nitrogens with zero attached hydrogens (tertiary/aromatic N) is 3. The Labute approximate surface area is 179 Å². The number of ether oxygens (including phenoxy) is 1. The average Bonchev–Trinajstić information content (AvgIpc) is 3.13. The number of esters is 1. The van der Waals surface area contributed by atoms with Crippen LogP contribution in [-0.4, -0.2) is 41.3 Å². The predicted octanol–water partition coefficient (Wildman–Crippen LogP) is 4.38. The smallest absolute Gasteiger partial charge is 0.338 e. The SMILES string of the molecule is CC(OC(=O)c1ccc(S(=O)(=O)N(C)C(C)C)cc1)c1nc2ccccc2n1C(F)F. The van der Waals surface area contributed by atoms with E-state index in [1.165, 1.54) is 48.6 Å². The molecule has 1 heterocycles. The van der Waals surface area contributed by atoms with Gasteiger partial charge < -0.3 is 4.74 Å². The summed E-state index contributed by atoms with van der Waals surface area (Å²) in [5, 5.41) is 0. The number of hydrogen-bond donors (Lipinski definition) is 0. The summed E-state index contributed by atoms with van der Waals surface area (Å²) in [6.45, 7) is 2.09. The third-order valence-electron chi connectivity index (χ3n) is 4.96. The van der Waals surface area contributed by atoms with E-state index < -0.39 is 28.6 Å². The molecule has 31 heavy (non-hydrogen) atoms. The summed E-state index contributed by atoms with van der Waals surface area (Å²) in [6.07, 6.45) is -1.05. The molecule has 0 aliphatic rings. The van der Waals surface area contributed by atoms with Gasteiger partial charge in [0.2, 0.25) is 10.0 Å². The monoisotopic (exact) mass is 451 g/mol. The quantitative estimate of drug-likeness (QED) is 0.498. The molecule has 1 unspecified atom stereocenters. The summed E-state index contributed by atoms with van der Waals surface area (Å²) in [5.41, 5.74) is 0.696. The molecule has 0 fully saturated rings. The lowest BCUT2D eigenvalue weighted by Gasteiger charge is -2.21. The average molecular weight is 451 g/mol. The number of rotatable bonds is 7. The molecular formula is C21H23F2N3O4S. The van der Waals surface area contributed by atoms with Crippen molar-refractivity contribution in [2.75, 3.05) is 7.05 Å². The molecule has 0 saturated heterocycles. The number of aromatic nitrogens is 2. The lowest BCUT2D eigenvalue weighted by Crippen LogP contribution is -2.33. The van der Waals surface area contributed by atoms with Crippen LogP contribution in [0.1, 0.15) is 49.6 Å². The van der Waals surface area contributed by atoms with E-state index in [2.05, 4.69) is 4.98 Å². The van der Waals surface area contributed by atoms with Gasteiger partial charge in [0.15, 0.2) is 11.9 Å². The topological polar surface area (TPSA) is 81.5 Å². The molecule has 3 rings (SSSR count). The highest BCUT2D eigenvalue weighted by molar-refractivity contribution is 7.89. The van der Waals surface area contributed by atoms with Crippen molar-refractivity contribution in [3.8, 4) is 0 Å². The fourth-order valence-electron chi connectivity index (χ4n) is 3.04. The molecule has 0 spiro atoms. The molecule has 1 aromatic heterocycles. The molecule has 0 aliphatic heterocycles. The molecule has 0 aliphatic carbocycles. The van der Waals surface area contributed by atoms with Crippen LogP contribution >= 0.6 is 0 Å². The second kappa shape index (κ2) is 8.72. The van der Waals surface area contributed by atoms with Crippen molar-refractivity contribution >= 4 is 27.0 Å². The molecular weight excluding hydrogens is 428 g/mol. The highest BCUT2D eigenvalue weighted by Gasteiger charge is 2.26. The summed E-state index contributed by atoms with van der Waals surface area (Å²) in [6, 6.07) is 11.4. The van der Waals surface area contributed by atoms with Gasteiger partial charge in [0, 0.05) is 13.1 Å². The molecule has 0 bridgehead atoms. The van der Waals surface area contributed by atoms with E-state index >= 15 is 0 Å². The van der Waals surface area contributed by atoms with Crippen LogP contribution in [-0.2, 0) is 14.8 Å². The standard InChI is InChI=1S/C21H23F2N3O4S/c1-13(2)25(4)31(28,29)16-11-9-15(10-12-16)20(27)30-14(3)19-24-17-7-5-6-8-18(17)26(19)21(22)23/h5-14,21H,1-4H3. The van der Waals surface area contributed by atoms with Crippen LogP contribution in [0.25, 0.3) is 11.0 Å². The van der Waals surface area contributed by atoms with Crippen molar-refractivity contribution < 1.29 is 26.7 Å². The first kappa shape index (κ1) is 22.8. The second-order valence-electron chi connectivity index (χ2n) is 7.29. The van der Waals surface area contributed by atoms with Crippen molar-refractivity contribution in [1.29, 1.82) is 0 Å². The molecule has 7 nitrogen and oxygen atoms in total. The third kappa shape index (κ3) is 4.45. The number of sulfonamides is 1. The number of carbonyl (C=O) groups is 1. The molecule has 1 atom stereocenters. The van der Waals surface area contributed by atoms with Gasteiger partial charge in [-0.15, -0.1) is 0 Å². The van der Waals surface area contributed by atoms with Crippen molar-refractivity contribution in [3.63, 3.8) is 0 Å². The Hall–Kier alpha value is -2.85. The van der Waals surface area contributed by atoms with Gasteiger partial charge in [-0.05, 0) is 57.2 Å². The minimum atomic E-state index is -3.69. The normalized spacial score (nSPS) is 13.3. The van der Waals surface area contributed by atoms with Crippen LogP contribution in [0.5, 0.6) is 0 Å². The van der Waals surface area contributed by atoms with E-state index in [0.29, 0.717) is 5.52 Å². The van der Waals surface area contributed by atoms with Crippen LogP contribution in [0, 0.1) is 0 Å². The highest BCUT2D eigenvalue weighted by atomic mass is 32.2. The molecule has 0 saturated carbocycles. The minimum absolute atomic E-state index is 0.0350. The van der Waals surface area contributed by atoms with Crippen LogP contribution in [0.2, 0.25) is 0 Å². The summed E-state index contributed by atoms with van der Waals surface area (Å²) in [5.74, 6) is -0.858. The maximum Gasteiger partial charge on any atom is 0.338 e. The van der Waals surface area contributed by atoms with Gasteiger partial charge in [0.05, 0.1) is 21.5 Å². The first-order chi connectivity index (χ1) is 14.5. The van der Waals surface area contributed by atoms with Crippen LogP contribution in [0.3, 0.4) is 0 Å². The third-order valence-corrected chi connectivity index (χ3v) is 7.01. The van der Waals surface area contributed by atoms with Crippen molar-refractivity contribution in [2.24, 2.45) is 0 Å². The summed E-state index contributed by atoms with van der Waals surface area (Å²) in [7, 11) is -2.22. The van der Waals surface area contributed by atoms with Gasteiger partial charge in [0.1, 0.15) is 0 Å². The van der Waals surface area contributed by atoms with E-state index in [0.717, 1.165) is 4.57 Å². The van der Waals surface area contributed by atoms with Crippen LogP contribution in [0.4, 0.5) is 8.78 Å². The number of imidazole rings is 1. The molecule has 0 amide bonds. The number of alkyl halides is 2. The molecule has 0 N–H and O–H groups in total. The number of carbonyl (C=O) groups excluding carboxylic acids is 1. The van der Waals surface area contributed by atoms with Gasteiger partial charge in [-0.1, -0.05) is 12.1 Å². The van der Waals surface area contributed by atoms with Gasteiger partial charge in [-0.3, -0.25) is 4.57 Å². The van der Waals surface area contributed by atoms with E-state index in [1.54, 1.807) is 32.0 Å². The lowest BCUT2D eigenvalue weighted by molar-refractivity contribution is 0.0233. The number of benzene rings is 2. The molecule has 10 heteroatoms. The molecule has 166 valence electrons. The number of hydrogen-bond acceptors (Lipinski definition) is 5. The first-order valence-electron chi connectivity index (χ1n) is 9.58. The Kier molecular flexibility index (Phi) is 6.42. The van der Waals surface area contributed by atoms with Crippen LogP contribution < -0.4 is 0 Å². The van der Waals surface area contributed by atoms with E-state index in [-0.39, 0.29) is 27.8 Å². The summed E-state index contributed by atoms with van der Waals surface area (Å²) >= 11 is 0. The van der Waals surface area contributed by atoms with Crippen molar-refractivity contribution in [1.82, 2.24) is 13.9 Å². The Morgan fingerprint density at radius 3 is 2.26 bits per heavy atom. The zero-order valence-corrected chi connectivity index (χ0v) is 18.3. The molecule has 3 aromatic rings. The Morgan fingerprint density at radius 1 is 1.06 bits per heavy atom. The molecule has 0 radical (unpaired) electrons. The van der Waals surface area contributed by atoms with Crippen molar-refractivity contribution in [2.45, 2.75) is 44.4 Å². The highest BCUT2D eigenvalue weighted by Crippen LogP contribution is 2.28. The van der Waals surface area contributed by atoms with E-state index in [4.69, 9.17) is 4.74 Å². The zero-order chi connectivity index (χ0) is 22.9. The fourth-order valence-corrected chi connectivity index (χ4v) is 4.41. The number of fused-ring (bicyclic) bond motifs is 1. The van der Waals surface area contributed by atoms with Gasteiger partial charge in [0.25, 0.3) is 0 Å². The number of halogens is 2.